The van der Waals surface area contributed by atoms with Crippen molar-refractivity contribution < 1.29 is 9.34 Å². The van der Waals surface area contributed by atoms with Crippen molar-refractivity contribution in [2.24, 2.45) is 0 Å². The maximum Gasteiger partial charge on any atom is 0.269 e. The molecule has 0 aliphatic carbocycles. The molecular formula is C18H11N3O3. The van der Waals surface area contributed by atoms with Gasteiger partial charge in [-0.1, -0.05) is 6.07 Å². The number of hydrogen-bond donors (Lipinski definition) is 0. The highest BCUT2D eigenvalue weighted by Crippen LogP contribution is 2.26. The summed E-state index contributed by atoms with van der Waals surface area (Å²) in [6.45, 7) is 0. The maximum absolute atomic E-state index is 10.7. The number of allylic oxidation sites excluding steroid dienone is 1. The van der Waals surface area contributed by atoms with Crippen LogP contribution in [0.5, 0.6) is 0 Å². The van der Waals surface area contributed by atoms with E-state index in [2.05, 4.69) is 11.1 Å². The first-order valence-electron chi connectivity index (χ1n) is 7.05. The van der Waals surface area contributed by atoms with E-state index in [-0.39, 0.29) is 5.69 Å². The molecule has 6 heteroatoms. The lowest BCUT2D eigenvalue weighted by Gasteiger charge is -1.98. The summed E-state index contributed by atoms with van der Waals surface area (Å²) in [5.74, 6) is 1.07. The van der Waals surface area contributed by atoms with Gasteiger partial charge in [0, 0.05) is 30.0 Å². The monoisotopic (exact) mass is 317 g/mol. The van der Waals surface area contributed by atoms with Crippen molar-refractivity contribution in [3.8, 4) is 17.4 Å². The zero-order valence-electron chi connectivity index (χ0n) is 12.4. The van der Waals surface area contributed by atoms with Crippen LogP contribution in [0.2, 0.25) is 0 Å². The van der Waals surface area contributed by atoms with E-state index >= 15 is 0 Å². The summed E-state index contributed by atoms with van der Waals surface area (Å²) in [6, 6.07) is 17.0. The smallest absolute Gasteiger partial charge is 0.269 e. The highest BCUT2D eigenvalue weighted by atomic mass is 16.6. The third kappa shape index (κ3) is 3.20. The molecule has 0 radical (unpaired) electrons. The number of aromatic nitrogens is 1. The van der Waals surface area contributed by atoms with Crippen LogP contribution in [0, 0.1) is 21.4 Å². The van der Waals surface area contributed by atoms with Crippen molar-refractivity contribution in [2.45, 2.75) is 0 Å². The number of non-ortho nitro benzene ring substituents is 1. The lowest BCUT2D eigenvalue weighted by Crippen LogP contribution is -1.86. The molecule has 0 amide bonds. The van der Waals surface area contributed by atoms with Crippen molar-refractivity contribution in [1.29, 1.82) is 5.26 Å². The van der Waals surface area contributed by atoms with E-state index in [1.165, 1.54) is 12.1 Å². The first kappa shape index (κ1) is 15.2. The summed E-state index contributed by atoms with van der Waals surface area (Å²) in [5, 5.41) is 20.0. The Balaban J connectivity index is 1.89. The molecule has 2 heterocycles. The van der Waals surface area contributed by atoms with Gasteiger partial charge in [0.1, 0.15) is 17.6 Å². The molecule has 3 aromatic rings. The fraction of sp³-hybridized carbons (Fsp3) is 0. The average molecular weight is 317 g/mol. The Bertz CT molecular complexity index is 936. The molecule has 3 rings (SSSR count). The van der Waals surface area contributed by atoms with Gasteiger partial charge < -0.3 is 4.42 Å². The van der Waals surface area contributed by atoms with Gasteiger partial charge in [-0.3, -0.25) is 15.1 Å². The van der Waals surface area contributed by atoms with Gasteiger partial charge in [-0.15, -0.1) is 0 Å². The largest absolute Gasteiger partial charge is 0.457 e. The molecule has 0 aliphatic heterocycles. The second kappa shape index (κ2) is 6.58. The Hall–Kier alpha value is -3.72. The lowest BCUT2D eigenvalue weighted by molar-refractivity contribution is -0.384. The molecular weight excluding hydrogens is 306 g/mol. The molecule has 116 valence electrons. The number of nitro benzene ring substituents is 1. The number of benzene rings is 1. The van der Waals surface area contributed by atoms with Crippen LogP contribution >= 0.6 is 0 Å². The quantitative estimate of drug-likeness (QED) is 0.406. The number of furan rings is 1. The second-order valence-corrected chi connectivity index (χ2v) is 4.89. The van der Waals surface area contributed by atoms with Crippen molar-refractivity contribution in [1.82, 2.24) is 4.98 Å². The van der Waals surface area contributed by atoms with Gasteiger partial charge in [-0.25, -0.2) is 0 Å². The Morgan fingerprint density at radius 3 is 2.58 bits per heavy atom. The van der Waals surface area contributed by atoms with Gasteiger partial charge >= 0.3 is 0 Å². The summed E-state index contributed by atoms with van der Waals surface area (Å²) >= 11 is 0. The van der Waals surface area contributed by atoms with E-state index in [0.29, 0.717) is 22.8 Å². The van der Waals surface area contributed by atoms with E-state index < -0.39 is 4.92 Å². The minimum absolute atomic E-state index is 0.0207. The van der Waals surface area contributed by atoms with Gasteiger partial charge in [0.25, 0.3) is 5.69 Å². The van der Waals surface area contributed by atoms with Crippen LogP contribution in [0.25, 0.3) is 23.0 Å². The SMILES string of the molecule is N#CC(=Cc1ccc(-c2ccc([N+](=O)[O-])cc2)o1)c1ccccn1. The molecule has 0 N–H and O–H groups in total. The van der Waals surface area contributed by atoms with Crippen molar-refractivity contribution >= 4 is 17.3 Å². The predicted octanol–water partition coefficient (Wildman–Crippen LogP) is 4.31. The van der Waals surface area contributed by atoms with Gasteiger partial charge in [-0.05, 0) is 36.4 Å². The van der Waals surface area contributed by atoms with Crippen molar-refractivity contribution in [2.75, 3.05) is 0 Å². The van der Waals surface area contributed by atoms with Crippen LogP contribution < -0.4 is 0 Å². The molecule has 0 saturated heterocycles. The lowest BCUT2D eigenvalue weighted by atomic mass is 10.1. The number of nitro groups is 1. The molecule has 0 fully saturated rings. The maximum atomic E-state index is 10.7. The molecule has 6 nitrogen and oxygen atoms in total. The van der Waals surface area contributed by atoms with Crippen LogP contribution in [0.15, 0.2) is 65.2 Å². The van der Waals surface area contributed by atoms with Gasteiger partial charge in [0.05, 0.1) is 16.2 Å². The minimum Gasteiger partial charge on any atom is -0.457 e. The predicted molar refractivity (Wildman–Crippen MR) is 88.5 cm³/mol. The molecule has 0 saturated carbocycles. The molecule has 0 spiro atoms. The fourth-order valence-corrected chi connectivity index (χ4v) is 2.16. The van der Waals surface area contributed by atoms with E-state index in [9.17, 15) is 15.4 Å². The summed E-state index contributed by atoms with van der Waals surface area (Å²) < 4.78 is 5.70. The molecule has 0 aliphatic rings. The summed E-state index contributed by atoms with van der Waals surface area (Å²) in [7, 11) is 0. The highest BCUT2D eigenvalue weighted by molar-refractivity contribution is 5.87. The average Bonchev–Trinajstić information content (AvgIpc) is 3.09. The van der Waals surface area contributed by atoms with E-state index in [1.807, 2.05) is 0 Å². The van der Waals surface area contributed by atoms with E-state index in [0.717, 1.165) is 5.56 Å². The summed E-state index contributed by atoms with van der Waals surface area (Å²) in [4.78, 5) is 14.4. The van der Waals surface area contributed by atoms with Crippen LogP contribution in [0.1, 0.15) is 11.5 Å². The molecule has 2 aromatic heterocycles. The molecule has 0 atom stereocenters. The van der Waals surface area contributed by atoms with Gasteiger partial charge in [0.15, 0.2) is 0 Å². The van der Waals surface area contributed by atoms with Crippen LogP contribution in [0.3, 0.4) is 0 Å². The van der Waals surface area contributed by atoms with Crippen LogP contribution in [-0.4, -0.2) is 9.91 Å². The molecule has 24 heavy (non-hydrogen) atoms. The molecule has 0 bridgehead atoms. The molecule has 1 aromatic carbocycles. The minimum atomic E-state index is -0.452. The summed E-state index contributed by atoms with van der Waals surface area (Å²) in [5.41, 5.74) is 1.69. The number of pyridine rings is 1. The third-order valence-corrected chi connectivity index (χ3v) is 3.34. The summed E-state index contributed by atoms with van der Waals surface area (Å²) in [6.07, 6.45) is 3.22. The topological polar surface area (TPSA) is 93.0 Å². The highest BCUT2D eigenvalue weighted by Gasteiger charge is 2.09. The first-order valence-corrected chi connectivity index (χ1v) is 7.05. The first-order chi connectivity index (χ1) is 11.7. The van der Waals surface area contributed by atoms with Crippen molar-refractivity contribution in [3.05, 3.63) is 82.4 Å². The number of rotatable bonds is 4. The zero-order valence-corrected chi connectivity index (χ0v) is 12.4. The zero-order chi connectivity index (χ0) is 16.9. The Labute approximate surface area is 137 Å². The van der Waals surface area contributed by atoms with E-state index in [1.54, 1.807) is 54.7 Å². The normalized spacial score (nSPS) is 11.0. The Morgan fingerprint density at radius 2 is 1.96 bits per heavy atom. The van der Waals surface area contributed by atoms with Crippen molar-refractivity contribution in [3.63, 3.8) is 0 Å². The van der Waals surface area contributed by atoms with E-state index in [4.69, 9.17) is 4.42 Å². The number of nitriles is 1. The third-order valence-electron chi connectivity index (χ3n) is 3.34. The number of hydrogen-bond acceptors (Lipinski definition) is 5. The Morgan fingerprint density at radius 1 is 1.17 bits per heavy atom. The van der Waals surface area contributed by atoms with Crippen LogP contribution in [0.4, 0.5) is 5.69 Å². The van der Waals surface area contributed by atoms with Crippen LogP contribution in [-0.2, 0) is 0 Å². The standard InChI is InChI=1S/C18H11N3O3/c19-12-14(17-3-1-2-10-20-17)11-16-8-9-18(24-16)13-4-6-15(7-5-13)21(22)23/h1-11H. The molecule has 0 unspecified atom stereocenters. The fourth-order valence-electron chi connectivity index (χ4n) is 2.16. The Kier molecular flexibility index (Phi) is 4.17. The van der Waals surface area contributed by atoms with Gasteiger partial charge in [0.2, 0.25) is 0 Å². The van der Waals surface area contributed by atoms with Gasteiger partial charge in [-0.2, -0.15) is 5.26 Å². The second-order valence-electron chi connectivity index (χ2n) is 4.89. The number of nitrogens with zero attached hydrogens (tertiary/aromatic N) is 3.